The summed E-state index contributed by atoms with van der Waals surface area (Å²) in [6.07, 6.45) is -0.0495. The number of likely N-dealkylation sites (tertiary alicyclic amines) is 1. The minimum Gasteiger partial charge on any atom is -0.439 e. The van der Waals surface area contributed by atoms with Crippen molar-refractivity contribution >= 4 is 39.5 Å². The highest BCUT2D eigenvalue weighted by Crippen LogP contribution is 2.26. The van der Waals surface area contributed by atoms with Crippen molar-refractivity contribution in [1.29, 1.82) is 0 Å². The maximum absolute atomic E-state index is 12.6. The fourth-order valence-corrected chi connectivity index (χ4v) is 3.89. The van der Waals surface area contributed by atoms with E-state index in [0.717, 1.165) is 15.1 Å². The van der Waals surface area contributed by atoms with Gasteiger partial charge in [0, 0.05) is 13.1 Å². The summed E-state index contributed by atoms with van der Waals surface area (Å²) in [5, 5.41) is 0.433. The summed E-state index contributed by atoms with van der Waals surface area (Å²) in [6.45, 7) is 0.618. The number of amides is 3. The van der Waals surface area contributed by atoms with Crippen LogP contribution in [0.5, 0.6) is 0 Å². The van der Waals surface area contributed by atoms with Gasteiger partial charge in [-0.1, -0.05) is 12.1 Å². The first-order valence-electron chi connectivity index (χ1n) is 7.27. The van der Waals surface area contributed by atoms with Crippen molar-refractivity contribution < 1.29 is 19.1 Å². The van der Waals surface area contributed by atoms with Gasteiger partial charge in [0.05, 0.1) is 16.3 Å². The molecule has 2 aromatic rings. The lowest BCUT2D eigenvalue weighted by Crippen LogP contribution is -2.42. The number of ether oxygens (including phenoxy) is 1. The van der Waals surface area contributed by atoms with E-state index >= 15 is 0 Å². The van der Waals surface area contributed by atoms with Crippen LogP contribution in [0, 0.1) is 0 Å². The van der Waals surface area contributed by atoms with Gasteiger partial charge in [-0.3, -0.25) is 9.59 Å². The van der Waals surface area contributed by atoms with Crippen LogP contribution in [0.3, 0.4) is 0 Å². The molecule has 0 unspecified atom stereocenters. The number of fused-ring (bicyclic) bond motifs is 1. The topological polar surface area (TPSA) is 79.8 Å². The molecule has 2 fully saturated rings. The molecule has 0 N–H and O–H groups in total. The number of carbonyl (C=O) groups excluding carboxylic acids is 3. The van der Waals surface area contributed by atoms with Gasteiger partial charge in [-0.25, -0.2) is 14.7 Å². The number of para-hydroxylation sites is 1. The summed E-state index contributed by atoms with van der Waals surface area (Å²) in [7, 11) is 0. The monoisotopic (exact) mass is 331 g/mol. The number of aromatic nitrogens is 1. The van der Waals surface area contributed by atoms with Gasteiger partial charge in [-0.2, -0.15) is 0 Å². The molecule has 118 valence electrons. The third-order valence-electron chi connectivity index (χ3n) is 4.08. The Labute approximate surface area is 135 Å². The van der Waals surface area contributed by atoms with Gasteiger partial charge < -0.3 is 9.64 Å². The second kappa shape index (κ2) is 5.31. The van der Waals surface area contributed by atoms with E-state index in [1.165, 1.54) is 11.3 Å². The van der Waals surface area contributed by atoms with Gasteiger partial charge in [0.15, 0.2) is 11.6 Å². The Balaban J connectivity index is 1.52. The smallest absolute Gasteiger partial charge is 0.417 e. The molecule has 0 saturated carbocycles. The zero-order valence-electron chi connectivity index (χ0n) is 12.1. The van der Waals surface area contributed by atoms with E-state index in [2.05, 4.69) is 4.98 Å². The first-order valence-corrected chi connectivity index (χ1v) is 8.09. The van der Waals surface area contributed by atoms with Crippen LogP contribution in [-0.4, -0.2) is 58.4 Å². The van der Waals surface area contributed by atoms with E-state index in [9.17, 15) is 14.4 Å². The number of benzene rings is 1. The van der Waals surface area contributed by atoms with E-state index < -0.39 is 6.09 Å². The predicted molar refractivity (Wildman–Crippen MR) is 82.1 cm³/mol. The molecule has 2 aliphatic heterocycles. The largest absolute Gasteiger partial charge is 0.439 e. The number of hydrogen-bond acceptors (Lipinski definition) is 6. The van der Waals surface area contributed by atoms with Gasteiger partial charge in [-0.05, 0) is 18.6 Å². The van der Waals surface area contributed by atoms with Gasteiger partial charge in [0.25, 0.3) is 11.8 Å². The highest BCUT2D eigenvalue weighted by molar-refractivity contribution is 7.20. The zero-order chi connectivity index (χ0) is 16.0. The first-order chi connectivity index (χ1) is 11.1. The summed E-state index contributed by atoms with van der Waals surface area (Å²) in [5.74, 6) is -0.497. The molecule has 0 bridgehead atoms. The van der Waals surface area contributed by atoms with Gasteiger partial charge >= 0.3 is 6.09 Å². The molecule has 3 amide bonds. The maximum Gasteiger partial charge on any atom is 0.417 e. The van der Waals surface area contributed by atoms with Crippen molar-refractivity contribution in [2.24, 2.45) is 0 Å². The fraction of sp³-hybridized carbons (Fsp3) is 0.333. The Morgan fingerprint density at radius 3 is 2.87 bits per heavy atom. The number of carbonyl (C=O) groups is 3. The molecule has 1 atom stereocenters. The Bertz CT molecular complexity index is 769. The minimum atomic E-state index is -0.616. The van der Waals surface area contributed by atoms with E-state index in [1.807, 2.05) is 24.3 Å². The summed E-state index contributed by atoms with van der Waals surface area (Å²) < 4.78 is 5.70. The lowest BCUT2D eigenvalue weighted by atomic mass is 10.2. The van der Waals surface area contributed by atoms with Gasteiger partial charge in [0.2, 0.25) is 0 Å². The number of imide groups is 1. The average molecular weight is 331 g/mol. The second-order valence-corrected chi connectivity index (χ2v) is 6.53. The van der Waals surface area contributed by atoms with Gasteiger partial charge in [-0.15, -0.1) is 11.3 Å². The number of cyclic esters (lactones) is 1. The quantitative estimate of drug-likeness (QED) is 0.833. The van der Waals surface area contributed by atoms with E-state index in [1.54, 1.807) is 4.90 Å². The molecule has 2 aliphatic rings. The van der Waals surface area contributed by atoms with Crippen molar-refractivity contribution in [3.05, 3.63) is 29.3 Å². The van der Waals surface area contributed by atoms with E-state index in [-0.39, 0.29) is 24.5 Å². The molecule has 0 aliphatic carbocycles. The molecule has 23 heavy (non-hydrogen) atoms. The van der Waals surface area contributed by atoms with Crippen molar-refractivity contribution in [3.8, 4) is 0 Å². The van der Waals surface area contributed by atoms with Gasteiger partial charge in [0.1, 0.15) is 0 Å². The molecule has 8 heteroatoms. The summed E-state index contributed by atoms with van der Waals surface area (Å²) in [6, 6.07) is 7.28. The van der Waals surface area contributed by atoms with Crippen LogP contribution in [0.25, 0.3) is 10.2 Å². The summed E-state index contributed by atoms with van der Waals surface area (Å²) in [5.41, 5.74) is 0.801. The third-order valence-corrected chi connectivity index (χ3v) is 5.10. The number of rotatable bonds is 2. The molecular formula is C15H13N3O4S. The predicted octanol–water partition coefficient (Wildman–Crippen LogP) is 1.49. The standard InChI is InChI=1S/C15H13N3O4S/c19-12-8-22-15(21)18(12)9-5-6-17(7-9)14(20)13-16-10-3-1-2-4-11(10)23-13/h1-4,9H,5-8H2/t9-/m0/s1. The number of hydrogen-bond donors (Lipinski definition) is 0. The molecule has 0 spiro atoms. The van der Waals surface area contributed by atoms with E-state index in [0.29, 0.717) is 24.5 Å². The molecule has 7 nitrogen and oxygen atoms in total. The number of thiazole rings is 1. The highest BCUT2D eigenvalue weighted by atomic mass is 32.1. The lowest BCUT2D eigenvalue weighted by Gasteiger charge is -2.19. The lowest BCUT2D eigenvalue weighted by molar-refractivity contribution is -0.127. The van der Waals surface area contributed by atoms with Crippen molar-refractivity contribution in [3.63, 3.8) is 0 Å². The zero-order valence-corrected chi connectivity index (χ0v) is 12.9. The van der Waals surface area contributed by atoms with Crippen LogP contribution in [0.4, 0.5) is 4.79 Å². The van der Waals surface area contributed by atoms with Crippen molar-refractivity contribution in [2.45, 2.75) is 12.5 Å². The van der Waals surface area contributed by atoms with Crippen molar-refractivity contribution in [2.75, 3.05) is 19.7 Å². The summed E-state index contributed by atoms with van der Waals surface area (Å²) in [4.78, 5) is 43.0. The first kappa shape index (κ1) is 14.1. The van der Waals surface area contributed by atoms with Crippen LogP contribution in [0.15, 0.2) is 24.3 Å². The summed E-state index contributed by atoms with van der Waals surface area (Å²) >= 11 is 1.35. The highest BCUT2D eigenvalue weighted by Gasteiger charge is 2.41. The van der Waals surface area contributed by atoms with Crippen LogP contribution in [0.1, 0.15) is 16.2 Å². The second-order valence-electron chi connectivity index (χ2n) is 5.50. The third kappa shape index (κ3) is 2.35. The Hall–Kier alpha value is -2.48. The Morgan fingerprint density at radius 1 is 1.30 bits per heavy atom. The normalized spacial score (nSPS) is 21.3. The Morgan fingerprint density at radius 2 is 2.13 bits per heavy atom. The molecule has 1 aromatic carbocycles. The van der Waals surface area contributed by atoms with Crippen molar-refractivity contribution in [1.82, 2.24) is 14.8 Å². The maximum atomic E-state index is 12.6. The molecule has 3 heterocycles. The Kier molecular flexibility index (Phi) is 3.26. The number of nitrogens with zero attached hydrogens (tertiary/aromatic N) is 3. The van der Waals surface area contributed by atoms with Crippen LogP contribution >= 0.6 is 11.3 Å². The SMILES string of the molecule is O=C(c1nc2ccccc2s1)N1CC[C@H](N2C(=O)COC2=O)C1. The fourth-order valence-electron chi connectivity index (χ4n) is 2.95. The van der Waals surface area contributed by atoms with Crippen LogP contribution in [-0.2, 0) is 9.53 Å². The van der Waals surface area contributed by atoms with Crippen LogP contribution < -0.4 is 0 Å². The average Bonchev–Trinajstić information content (AvgIpc) is 3.25. The van der Waals surface area contributed by atoms with Crippen LogP contribution in [0.2, 0.25) is 0 Å². The molecule has 1 aromatic heterocycles. The molecule has 2 saturated heterocycles. The minimum absolute atomic E-state index is 0.159. The van der Waals surface area contributed by atoms with E-state index in [4.69, 9.17) is 4.74 Å². The molecule has 0 radical (unpaired) electrons. The molecule has 4 rings (SSSR count). The molecular weight excluding hydrogens is 318 g/mol.